The molecule has 1 aromatic heterocycles. The summed E-state index contributed by atoms with van der Waals surface area (Å²) in [4.78, 5) is 17.2. The third-order valence-electron chi connectivity index (χ3n) is 7.35. The van der Waals surface area contributed by atoms with Crippen molar-refractivity contribution in [1.82, 2.24) is 19.6 Å². The van der Waals surface area contributed by atoms with Gasteiger partial charge in [-0.2, -0.15) is 5.10 Å². The summed E-state index contributed by atoms with van der Waals surface area (Å²) < 4.78 is 21.9. The molecule has 0 unspecified atom stereocenters. The molecule has 5 rings (SSSR count). The SMILES string of the molecule is COc1ccccc1-n1nc(CN(C)C(=O)C2CCCC2)c2c1CCN(Cc1ccccc1F)C2. The van der Waals surface area contributed by atoms with Crippen LogP contribution in [0.5, 0.6) is 5.75 Å². The number of carbonyl (C=O) groups excluding carboxylic acids is 1. The first-order valence-corrected chi connectivity index (χ1v) is 12.5. The van der Waals surface area contributed by atoms with E-state index < -0.39 is 0 Å². The quantitative estimate of drug-likeness (QED) is 0.495. The number of halogens is 1. The van der Waals surface area contributed by atoms with Crippen molar-refractivity contribution in [2.75, 3.05) is 20.7 Å². The topological polar surface area (TPSA) is 50.6 Å². The van der Waals surface area contributed by atoms with Crippen LogP contribution in [0, 0.1) is 11.7 Å². The Labute approximate surface area is 206 Å². The molecule has 0 saturated heterocycles. The Morgan fingerprint density at radius 2 is 1.89 bits per heavy atom. The number of methoxy groups -OCH3 is 1. The first-order chi connectivity index (χ1) is 17.0. The summed E-state index contributed by atoms with van der Waals surface area (Å²) in [7, 11) is 3.55. The van der Waals surface area contributed by atoms with Crippen molar-refractivity contribution in [2.24, 2.45) is 5.92 Å². The molecule has 184 valence electrons. The van der Waals surface area contributed by atoms with Gasteiger partial charge >= 0.3 is 0 Å². The molecule has 0 bridgehead atoms. The Hall–Kier alpha value is -3.19. The van der Waals surface area contributed by atoms with Crippen LogP contribution in [0.2, 0.25) is 0 Å². The lowest BCUT2D eigenvalue weighted by molar-refractivity contribution is -0.134. The fourth-order valence-corrected chi connectivity index (χ4v) is 5.46. The summed E-state index contributed by atoms with van der Waals surface area (Å²) >= 11 is 0. The second kappa shape index (κ2) is 10.2. The highest BCUT2D eigenvalue weighted by Crippen LogP contribution is 2.32. The Bertz CT molecular complexity index is 1200. The lowest BCUT2D eigenvalue weighted by atomic mass is 10.0. The first kappa shape index (κ1) is 23.5. The number of para-hydroxylation sites is 2. The molecule has 1 saturated carbocycles. The Kier molecular flexibility index (Phi) is 6.86. The van der Waals surface area contributed by atoms with Gasteiger partial charge in [0.2, 0.25) is 5.91 Å². The summed E-state index contributed by atoms with van der Waals surface area (Å²) in [5, 5.41) is 5.02. The lowest BCUT2D eigenvalue weighted by Crippen LogP contribution is -2.33. The molecule has 0 radical (unpaired) electrons. The van der Waals surface area contributed by atoms with Gasteiger partial charge in [0.1, 0.15) is 17.3 Å². The molecular formula is C28H33FN4O2. The van der Waals surface area contributed by atoms with Crippen LogP contribution in [-0.4, -0.2) is 46.2 Å². The van der Waals surface area contributed by atoms with Gasteiger partial charge in [0, 0.05) is 50.1 Å². The van der Waals surface area contributed by atoms with Gasteiger partial charge in [-0.15, -0.1) is 0 Å². The van der Waals surface area contributed by atoms with Crippen LogP contribution in [0.4, 0.5) is 4.39 Å². The van der Waals surface area contributed by atoms with E-state index in [0.29, 0.717) is 25.2 Å². The predicted octanol–water partition coefficient (Wildman–Crippen LogP) is 4.73. The van der Waals surface area contributed by atoms with E-state index in [1.54, 1.807) is 13.2 Å². The van der Waals surface area contributed by atoms with E-state index in [9.17, 15) is 9.18 Å². The molecular weight excluding hydrogens is 443 g/mol. The third-order valence-corrected chi connectivity index (χ3v) is 7.35. The maximum Gasteiger partial charge on any atom is 0.225 e. The van der Waals surface area contributed by atoms with Crippen molar-refractivity contribution in [3.63, 3.8) is 0 Å². The van der Waals surface area contributed by atoms with Crippen molar-refractivity contribution in [3.8, 4) is 11.4 Å². The number of rotatable bonds is 7. The Morgan fingerprint density at radius 3 is 2.66 bits per heavy atom. The average molecular weight is 477 g/mol. The Balaban J connectivity index is 1.47. The number of benzene rings is 2. The van der Waals surface area contributed by atoms with Crippen LogP contribution < -0.4 is 4.74 Å². The number of nitrogens with zero attached hydrogens (tertiary/aromatic N) is 4. The Morgan fingerprint density at radius 1 is 1.14 bits per heavy atom. The predicted molar refractivity (Wildman–Crippen MR) is 133 cm³/mol. The average Bonchev–Trinajstić information content (AvgIpc) is 3.54. The molecule has 1 fully saturated rings. The maximum atomic E-state index is 14.3. The normalized spacial score (nSPS) is 16.3. The van der Waals surface area contributed by atoms with Crippen molar-refractivity contribution < 1.29 is 13.9 Å². The lowest BCUT2D eigenvalue weighted by Gasteiger charge is -2.28. The van der Waals surface area contributed by atoms with Gasteiger partial charge in [-0.3, -0.25) is 9.69 Å². The van der Waals surface area contributed by atoms with Crippen LogP contribution in [0.25, 0.3) is 5.69 Å². The summed E-state index contributed by atoms with van der Waals surface area (Å²) in [6.45, 7) is 2.48. The van der Waals surface area contributed by atoms with Crippen LogP contribution in [0.15, 0.2) is 48.5 Å². The molecule has 1 aliphatic carbocycles. The van der Waals surface area contributed by atoms with Gasteiger partial charge in [-0.25, -0.2) is 9.07 Å². The van der Waals surface area contributed by atoms with E-state index in [-0.39, 0.29) is 17.6 Å². The van der Waals surface area contributed by atoms with Gasteiger partial charge in [-0.1, -0.05) is 43.2 Å². The molecule has 3 aromatic rings. The minimum Gasteiger partial charge on any atom is -0.494 e. The summed E-state index contributed by atoms with van der Waals surface area (Å²) in [6, 6.07) is 14.8. The zero-order chi connectivity index (χ0) is 24.4. The van der Waals surface area contributed by atoms with Crippen LogP contribution in [0.3, 0.4) is 0 Å². The highest BCUT2D eigenvalue weighted by atomic mass is 19.1. The molecule has 35 heavy (non-hydrogen) atoms. The van der Waals surface area contributed by atoms with Crippen molar-refractivity contribution >= 4 is 5.91 Å². The van der Waals surface area contributed by atoms with E-state index in [0.717, 1.165) is 67.0 Å². The van der Waals surface area contributed by atoms with Crippen LogP contribution in [0.1, 0.15) is 48.2 Å². The van der Waals surface area contributed by atoms with Gasteiger partial charge in [0.15, 0.2) is 0 Å². The maximum absolute atomic E-state index is 14.3. The van der Waals surface area contributed by atoms with E-state index >= 15 is 0 Å². The van der Waals surface area contributed by atoms with Gasteiger partial charge in [-0.05, 0) is 31.0 Å². The monoisotopic (exact) mass is 476 g/mol. The molecule has 2 aliphatic rings. The molecule has 7 heteroatoms. The van der Waals surface area contributed by atoms with E-state index in [4.69, 9.17) is 9.84 Å². The van der Waals surface area contributed by atoms with Crippen molar-refractivity contribution in [1.29, 1.82) is 0 Å². The molecule has 2 heterocycles. The van der Waals surface area contributed by atoms with E-state index in [2.05, 4.69) is 4.90 Å². The molecule has 0 spiro atoms. The first-order valence-electron chi connectivity index (χ1n) is 12.5. The second-order valence-corrected chi connectivity index (χ2v) is 9.68. The van der Waals surface area contributed by atoms with Crippen molar-refractivity contribution in [3.05, 3.63) is 76.9 Å². The summed E-state index contributed by atoms with van der Waals surface area (Å²) in [5.41, 5.74) is 4.76. The van der Waals surface area contributed by atoms with Crippen molar-refractivity contribution in [2.45, 2.75) is 51.7 Å². The number of carbonyl (C=O) groups is 1. The highest BCUT2D eigenvalue weighted by molar-refractivity contribution is 5.78. The number of fused-ring (bicyclic) bond motifs is 1. The number of hydrogen-bond donors (Lipinski definition) is 0. The number of hydrogen-bond acceptors (Lipinski definition) is 4. The van der Waals surface area contributed by atoms with Gasteiger partial charge in [0.05, 0.1) is 25.0 Å². The van der Waals surface area contributed by atoms with Gasteiger partial charge < -0.3 is 9.64 Å². The molecule has 1 amide bonds. The number of amides is 1. The summed E-state index contributed by atoms with van der Waals surface area (Å²) in [5.74, 6) is 0.922. The fourth-order valence-electron chi connectivity index (χ4n) is 5.46. The molecule has 0 atom stereocenters. The number of aromatic nitrogens is 2. The third kappa shape index (κ3) is 4.82. The molecule has 6 nitrogen and oxygen atoms in total. The minimum absolute atomic E-state index is 0.129. The fraction of sp³-hybridized carbons (Fsp3) is 0.429. The smallest absolute Gasteiger partial charge is 0.225 e. The number of ether oxygens (including phenoxy) is 1. The standard InChI is InChI=1S/C28H33FN4O2/c1-31(28(34)20-9-3-4-10-20)19-24-22-18-32(17-21-11-5-6-12-23(21)29)16-15-25(22)33(30-24)26-13-7-8-14-27(26)35-2/h5-8,11-14,20H,3-4,9-10,15-19H2,1-2H3. The molecule has 2 aromatic carbocycles. The van der Waals surface area contributed by atoms with Crippen LogP contribution in [-0.2, 0) is 30.8 Å². The largest absolute Gasteiger partial charge is 0.494 e. The molecule has 0 N–H and O–H groups in total. The zero-order valence-corrected chi connectivity index (χ0v) is 20.5. The van der Waals surface area contributed by atoms with E-state index in [1.807, 2.05) is 53.0 Å². The minimum atomic E-state index is -0.176. The summed E-state index contributed by atoms with van der Waals surface area (Å²) in [6.07, 6.45) is 5.01. The highest BCUT2D eigenvalue weighted by Gasteiger charge is 2.30. The van der Waals surface area contributed by atoms with Gasteiger partial charge in [0.25, 0.3) is 0 Å². The second-order valence-electron chi connectivity index (χ2n) is 9.68. The zero-order valence-electron chi connectivity index (χ0n) is 20.5. The van der Waals surface area contributed by atoms with E-state index in [1.165, 1.54) is 6.07 Å². The van der Waals surface area contributed by atoms with Crippen LogP contribution >= 0.6 is 0 Å². The molecule has 1 aliphatic heterocycles.